The van der Waals surface area contributed by atoms with Crippen LogP contribution in [0.2, 0.25) is 10.0 Å². The van der Waals surface area contributed by atoms with Crippen molar-refractivity contribution in [2.24, 2.45) is 5.10 Å². The summed E-state index contributed by atoms with van der Waals surface area (Å²) in [4.78, 5) is 12.2. The first-order valence-electron chi connectivity index (χ1n) is 11.1. The van der Waals surface area contributed by atoms with Gasteiger partial charge in [-0.1, -0.05) is 55.2 Å². The number of halogens is 2. The van der Waals surface area contributed by atoms with Gasteiger partial charge in [-0.25, -0.2) is 5.43 Å². The monoisotopic (exact) mass is 514 g/mol. The highest BCUT2D eigenvalue weighted by molar-refractivity contribution is 6.35. The van der Waals surface area contributed by atoms with Crippen molar-refractivity contribution in [3.63, 3.8) is 0 Å². The summed E-state index contributed by atoms with van der Waals surface area (Å²) in [5, 5.41) is 5.08. The van der Waals surface area contributed by atoms with Gasteiger partial charge in [0.05, 0.1) is 13.3 Å². The van der Waals surface area contributed by atoms with Gasteiger partial charge in [0, 0.05) is 15.6 Å². The molecule has 0 bridgehead atoms. The molecule has 6 nitrogen and oxygen atoms in total. The van der Waals surface area contributed by atoms with Gasteiger partial charge in [-0.15, -0.1) is 0 Å². The minimum atomic E-state index is -0.360. The van der Waals surface area contributed by atoms with Crippen molar-refractivity contribution in [2.45, 2.75) is 33.3 Å². The average Bonchev–Trinajstić information content (AvgIpc) is 2.82. The van der Waals surface area contributed by atoms with Crippen molar-refractivity contribution in [3.8, 4) is 17.2 Å². The molecule has 0 spiro atoms. The van der Waals surface area contributed by atoms with Crippen molar-refractivity contribution in [1.29, 1.82) is 0 Å². The molecule has 0 aromatic heterocycles. The minimum absolute atomic E-state index is 0.138. The fourth-order valence-corrected chi connectivity index (χ4v) is 3.81. The largest absolute Gasteiger partial charge is 0.493 e. The van der Waals surface area contributed by atoms with Crippen LogP contribution in [0.5, 0.6) is 17.2 Å². The van der Waals surface area contributed by atoms with E-state index >= 15 is 0 Å². The third-order valence-corrected chi connectivity index (χ3v) is 5.88. The molecule has 0 atom stereocenters. The lowest BCUT2D eigenvalue weighted by molar-refractivity contribution is -0.123. The van der Waals surface area contributed by atoms with Crippen LogP contribution in [0.25, 0.3) is 0 Å². The van der Waals surface area contributed by atoms with Gasteiger partial charge >= 0.3 is 0 Å². The van der Waals surface area contributed by atoms with Gasteiger partial charge in [0.1, 0.15) is 12.4 Å². The maximum absolute atomic E-state index is 12.2. The van der Waals surface area contributed by atoms with E-state index in [-0.39, 0.29) is 25.0 Å². The van der Waals surface area contributed by atoms with Gasteiger partial charge < -0.3 is 14.2 Å². The molecule has 3 aromatic rings. The number of nitrogens with zero attached hydrogens (tertiary/aromatic N) is 1. The molecule has 0 aliphatic carbocycles. The van der Waals surface area contributed by atoms with Crippen molar-refractivity contribution in [1.82, 2.24) is 5.43 Å². The Kier molecular flexibility index (Phi) is 9.40. The van der Waals surface area contributed by atoms with Gasteiger partial charge in [0.25, 0.3) is 5.91 Å². The number of benzene rings is 3. The third-order valence-electron chi connectivity index (χ3n) is 5.17. The number of hydrazone groups is 1. The Bertz CT molecular complexity index is 1190. The second-order valence-corrected chi connectivity index (χ2v) is 8.99. The van der Waals surface area contributed by atoms with E-state index in [4.69, 9.17) is 37.4 Å². The zero-order chi connectivity index (χ0) is 25.4. The van der Waals surface area contributed by atoms with Crippen LogP contribution in [0.4, 0.5) is 0 Å². The van der Waals surface area contributed by atoms with Crippen LogP contribution in [-0.4, -0.2) is 25.8 Å². The predicted octanol–water partition coefficient (Wildman–Crippen LogP) is 6.54. The summed E-state index contributed by atoms with van der Waals surface area (Å²) in [6.45, 7) is 6.20. The molecule has 35 heavy (non-hydrogen) atoms. The molecule has 0 unspecified atom stereocenters. The second-order valence-electron chi connectivity index (χ2n) is 8.18. The summed E-state index contributed by atoms with van der Waals surface area (Å²) in [6, 6.07) is 16.6. The topological polar surface area (TPSA) is 69.2 Å². The Hall–Kier alpha value is -3.22. The van der Waals surface area contributed by atoms with Gasteiger partial charge in [0.2, 0.25) is 0 Å². The Morgan fingerprint density at radius 1 is 1.00 bits per heavy atom. The maximum Gasteiger partial charge on any atom is 0.277 e. The number of ether oxygens (including phenoxy) is 3. The van der Waals surface area contributed by atoms with Crippen molar-refractivity contribution in [3.05, 3.63) is 86.9 Å². The van der Waals surface area contributed by atoms with E-state index in [9.17, 15) is 4.79 Å². The summed E-state index contributed by atoms with van der Waals surface area (Å²) in [7, 11) is 1.54. The number of hydrogen-bond acceptors (Lipinski definition) is 5. The Morgan fingerprint density at radius 2 is 1.74 bits per heavy atom. The Morgan fingerprint density at radius 3 is 2.43 bits per heavy atom. The van der Waals surface area contributed by atoms with Crippen LogP contribution < -0.4 is 19.6 Å². The fourth-order valence-electron chi connectivity index (χ4n) is 3.30. The van der Waals surface area contributed by atoms with E-state index in [1.165, 1.54) is 6.21 Å². The third kappa shape index (κ3) is 7.38. The highest BCUT2D eigenvalue weighted by atomic mass is 35.5. The van der Waals surface area contributed by atoms with Crippen LogP contribution in [0, 0.1) is 6.92 Å². The molecular weight excluding hydrogens is 487 g/mol. The smallest absolute Gasteiger partial charge is 0.277 e. The molecule has 3 aromatic carbocycles. The Balaban J connectivity index is 1.57. The second kappa shape index (κ2) is 12.5. The number of carbonyl (C=O) groups excluding carboxylic acids is 1. The van der Waals surface area contributed by atoms with Crippen molar-refractivity contribution in [2.75, 3.05) is 13.7 Å². The molecule has 0 saturated carbocycles. The summed E-state index contributed by atoms with van der Waals surface area (Å²) in [5.41, 5.74) is 6.01. The first-order valence-corrected chi connectivity index (χ1v) is 11.8. The summed E-state index contributed by atoms with van der Waals surface area (Å²) in [5.74, 6) is 1.67. The van der Waals surface area contributed by atoms with E-state index in [2.05, 4.69) is 24.4 Å². The molecule has 1 N–H and O–H groups in total. The van der Waals surface area contributed by atoms with Crippen LogP contribution >= 0.6 is 23.2 Å². The number of amides is 1. The molecule has 0 heterocycles. The first kappa shape index (κ1) is 26.4. The lowest BCUT2D eigenvalue weighted by atomic mass is 10.0. The highest BCUT2D eigenvalue weighted by Gasteiger charge is 2.11. The predicted molar refractivity (Wildman–Crippen MR) is 140 cm³/mol. The molecule has 0 saturated heterocycles. The van der Waals surface area contributed by atoms with E-state index in [0.29, 0.717) is 38.4 Å². The normalized spacial score (nSPS) is 11.1. The van der Waals surface area contributed by atoms with Gasteiger partial charge in [-0.2, -0.15) is 5.10 Å². The van der Waals surface area contributed by atoms with E-state index in [1.54, 1.807) is 43.5 Å². The number of methoxy groups -OCH3 is 1. The zero-order valence-electron chi connectivity index (χ0n) is 20.1. The summed E-state index contributed by atoms with van der Waals surface area (Å²) in [6.07, 6.45) is 1.52. The lowest BCUT2D eigenvalue weighted by Gasteiger charge is -2.14. The van der Waals surface area contributed by atoms with Gasteiger partial charge in [-0.3, -0.25) is 4.79 Å². The molecule has 8 heteroatoms. The Labute approximate surface area is 215 Å². The number of rotatable bonds is 10. The zero-order valence-corrected chi connectivity index (χ0v) is 21.6. The maximum atomic E-state index is 12.2. The number of nitrogens with one attached hydrogen (secondary N) is 1. The van der Waals surface area contributed by atoms with Crippen LogP contribution in [-0.2, 0) is 11.4 Å². The quantitative estimate of drug-likeness (QED) is 0.246. The standard InChI is InChI=1S/C27H28Cl2N2O4/c1-17(2)20-10-8-18(3)12-25(20)35-16-27(32)31-30-14-19-9-11-24(26(13-19)33-4)34-15-21-22(28)6-5-7-23(21)29/h5-14,17H,15-16H2,1-4H3,(H,31,32). The van der Waals surface area contributed by atoms with Crippen molar-refractivity contribution >= 4 is 35.3 Å². The summed E-state index contributed by atoms with van der Waals surface area (Å²) >= 11 is 12.4. The molecule has 1 amide bonds. The van der Waals surface area contributed by atoms with E-state index < -0.39 is 0 Å². The summed E-state index contributed by atoms with van der Waals surface area (Å²) < 4.78 is 17.0. The molecule has 0 fully saturated rings. The van der Waals surface area contributed by atoms with Crippen LogP contribution in [0.1, 0.15) is 42.0 Å². The molecular formula is C27H28Cl2N2O4. The molecule has 184 valence electrons. The first-order chi connectivity index (χ1) is 16.8. The minimum Gasteiger partial charge on any atom is -0.493 e. The fraction of sp³-hybridized carbons (Fsp3) is 0.259. The van der Waals surface area contributed by atoms with Crippen molar-refractivity contribution < 1.29 is 19.0 Å². The van der Waals surface area contributed by atoms with Crippen LogP contribution in [0.15, 0.2) is 59.7 Å². The van der Waals surface area contributed by atoms with Gasteiger partial charge in [-0.05, 0) is 65.9 Å². The van der Waals surface area contributed by atoms with Crippen LogP contribution in [0.3, 0.4) is 0 Å². The molecule has 0 aliphatic heterocycles. The highest BCUT2D eigenvalue weighted by Crippen LogP contribution is 2.31. The molecule has 0 aliphatic rings. The number of carbonyl (C=O) groups is 1. The van der Waals surface area contributed by atoms with E-state index in [1.807, 2.05) is 25.1 Å². The average molecular weight is 515 g/mol. The molecule has 3 rings (SSSR count). The lowest BCUT2D eigenvalue weighted by Crippen LogP contribution is -2.25. The van der Waals surface area contributed by atoms with E-state index in [0.717, 1.165) is 11.1 Å². The van der Waals surface area contributed by atoms with Gasteiger partial charge in [0.15, 0.2) is 18.1 Å². The SMILES string of the molecule is COc1cc(C=NNC(=O)COc2cc(C)ccc2C(C)C)ccc1OCc1c(Cl)cccc1Cl. The number of aryl methyl sites for hydroxylation is 1. The molecule has 0 radical (unpaired) electrons. The number of hydrogen-bond donors (Lipinski definition) is 1.